The SMILES string of the molecule is Cc1ccc(NC(=O)OCC(F)(F)F)cn1. The van der Waals surface area contributed by atoms with Gasteiger partial charge in [-0.1, -0.05) is 0 Å². The number of alkyl halides is 3. The van der Waals surface area contributed by atoms with Gasteiger partial charge in [0, 0.05) is 5.69 Å². The molecule has 0 saturated carbocycles. The maximum Gasteiger partial charge on any atom is 0.422 e. The molecule has 88 valence electrons. The van der Waals surface area contributed by atoms with E-state index in [1.165, 1.54) is 12.3 Å². The smallest absolute Gasteiger partial charge is 0.422 e. The second-order valence-corrected chi connectivity index (χ2v) is 3.00. The number of pyridine rings is 1. The number of aryl methyl sites for hydroxylation is 1. The van der Waals surface area contributed by atoms with Gasteiger partial charge in [-0.3, -0.25) is 10.3 Å². The van der Waals surface area contributed by atoms with Gasteiger partial charge < -0.3 is 4.74 Å². The molecule has 1 rings (SSSR count). The number of halogens is 3. The highest BCUT2D eigenvalue weighted by atomic mass is 19.4. The van der Waals surface area contributed by atoms with E-state index in [9.17, 15) is 18.0 Å². The summed E-state index contributed by atoms with van der Waals surface area (Å²) in [6, 6.07) is 3.12. The van der Waals surface area contributed by atoms with Crippen LogP contribution in [0.4, 0.5) is 23.7 Å². The van der Waals surface area contributed by atoms with Crippen molar-refractivity contribution in [2.24, 2.45) is 0 Å². The number of nitrogens with zero attached hydrogens (tertiary/aromatic N) is 1. The lowest BCUT2D eigenvalue weighted by Crippen LogP contribution is -2.23. The Hall–Kier alpha value is -1.79. The summed E-state index contributed by atoms with van der Waals surface area (Å²) >= 11 is 0. The lowest BCUT2D eigenvalue weighted by Gasteiger charge is -2.08. The van der Waals surface area contributed by atoms with E-state index in [1.807, 2.05) is 0 Å². The summed E-state index contributed by atoms with van der Waals surface area (Å²) in [4.78, 5) is 14.7. The van der Waals surface area contributed by atoms with Crippen LogP contribution in [0.25, 0.3) is 0 Å². The Balaban J connectivity index is 2.43. The lowest BCUT2D eigenvalue weighted by molar-refractivity contribution is -0.159. The van der Waals surface area contributed by atoms with Crippen molar-refractivity contribution in [1.82, 2.24) is 4.98 Å². The maximum atomic E-state index is 11.7. The molecule has 1 aromatic heterocycles. The van der Waals surface area contributed by atoms with E-state index < -0.39 is 18.9 Å². The van der Waals surface area contributed by atoms with Gasteiger partial charge in [0.1, 0.15) is 0 Å². The zero-order valence-corrected chi connectivity index (χ0v) is 8.34. The van der Waals surface area contributed by atoms with Crippen LogP contribution >= 0.6 is 0 Å². The van der Waals surface area contributed by atoms with Gasteiger partial charge in [0.2, 0.25) is 0 Å². The summed E-state index contributed by atoms with van der Waals surface area (Å²) in [5, 5.41) is 2.12. The van der Waals surface area contributed by atoms with Crippen LogP contribution in [0, 0.1) is 6.92 Å². The van der Waals surface area contributed by atoms with Crippen molar-refractivity contribution >= 4 is 11.8 Å². The van der Waals surface area contributed by atoms with E-state index >= 15 is 0 Å². The first-order chi connectivity index (χ1) is 7.37. The minimum Gasteiger partial charge on any atom is -0.440 e. The van der Waals surface area contributed by atoms with Crippen molar-refractivity contribution < 1.29 is 22.7 Å². The number of rotatable bonds is 2. The van der Waals surface area contributed by atoms with Gasteiger partial charge in [-0.15, -0.1) is 0 Å². The van der Waals surface area contributed by atoms with Crippen molar-refractivity contribution in [1.29, 1.82) is 0 Å². The van der Waals surface area contributed by atoms with Gasteiger partial charge in [-0.2, -0.15) is 13.2 Å². The van der Waals surface area contributed by atoms with E-state index in [1.54, 1.807) is 13.0 Å². The highest BCUT2D eigenvalue weighted by Crippen LogP contribution is 2.15. The number of amides is 1. The van der Waals surface area contributed by atoms with Crippen molar-refractivity contribution in [2.75, 3.05) is 11.9 Å². The van der Waals surface area contributed by atoms with Crippen LogP contribution in [0.2, 0.25) is 0 Å². The second-order valence-electron chi connectivity index (χ2n) is 3.00. The number of hydrogen-bond acceptors (Lipinski definition) is 3. The summed E-state index contributed by atoms with van der Waals surface area (Å²) in [5.74, 6) is 0. The number of hydrogen-bond donors (Lipinski definition) is 1. The number of aromatic nitrogens is 1. The molecule has 0 aliphatic heterocycles. The first kappa shape index (κ1) is 12.3. The molecule has 16 heavy (non-hydrogen) atoms. The zero-order chi connectivity index (χ0) is 12.2. The van der Waals surface area contributed by atoms with Crippen LogP contribution in [-0.2, 0) is 4.74 Å². The third kappa shape index (κ3) is 4.63. The molecular formula is C9H9F3N2O2. The molecule has 0 aliphatic rings. The zero-order valence-electron chi connectivity index (χ0n) is 8.34. The molecule has 1 N–H and O–H groups in total. The quantitative estimate of drug-likeness (QED) is 0.855. The monoisotopic (exact) mass is 234 g/mol. The van der Waals surface area contributed by atoms with Gasteiger partial charge in [0.25, 0.3) is 0 Å². The molecule has 1 aromatic rings. The summed E-state index contributed by atoms with van der Waals surface area (Å²) in [6.45, 7) is 0.129. The predicted octanol–water partition coefficient (Wildman–Crippen LogP) is 2.50. The van der Waals surface area contributed by atoms with Crippen molar-refractivity contribution in [2.45, 2.75) is 13.1 Å². The number of carbonyl (C=O) groups is 1. The second kappa shape index (κ2) is 4.82. The molecule has 0 aromatic carbocycles. The molecule has 0 unspecified atom stereocenters. The van der Waals surface area contributed by atoms with Crippen molar-refractivity contribution in [3.63, 3.8) is 0 Å². The van der Waals surface area contributed by atoms with E-state index in [0.29, 0.717) is 0 Å². The average Bonchev–Trinajstić information content (AvgIpc) is 2.18. The topological polar surface area (TPSA) is 51.2 Å². The Morgan fingerprint density at radius 1 is 1.50 bits per heavy atom. The van der Waals surface area contributed by atoms with Crippen LogP contribution < -0.4 is 5.32 Å². The number of ether oxygens (including phenoxy) is 1. The largest absolute Gasteiger partial charge is 0.440 e. The standard InChI is InChI=1S/C9H9F3N2O2/c1-6-2-3-7(4-13-6)14-8(15)16-5-9(10,11)12/h2-4H,5H2,1H3,(H,14,15). The normalized spacial score (nSPS) is 11.0. The third-order valence-corrected chi connectivity index (χ3v) is 1.52. The Kier molecular flexibility index (Phi) is 3.70. The van der Waals surface area contributed by atoms with Crippen LogP contribution in [0.5, 0.6) is 0 Å². The minimum atomic E-state index is -4.52. The Morgan fingerprint density at radius 3 is 2.69 bits per heavy atom. The van der Waals surface area contributed by atoms with Crippen LogP contribution in [0.1, 0.15) is 5.69 Å². The maximum absolute atomic E-state index is 11.7. The number of anilines is 1. The highest BCUT2D eigenvalue weighted by molar-refractivity contribution is 5.84. The number of carbonyl (C=O) groups excluding carboxylic acids is 1. The molecule has 0 aliphatic carbocycles. The fourth-order valence-corrected chi connectivity index (χ4v) is 0.843. The van der Waals surface area contributed by atoms with Gasteiger partial charge >= 0.3 is 12.3 Å². The van der Waals surface area contributed by atoms with Crippen molar-refractivity contribution in [3.8, 4) is 0 Å². The van der Waals surface area contributed by atoms with E-state index in [4.69, 9.17) is 0 Å². The fourth-order valence-electron chi connectivity index (χ4n) is 0.843. The Bertz CT molecular complexity index is 362. The summed E-state index contributed by atoms with van der Waals surface area (Å²) in [5.41, 5.74) is 1.01. The van der Waals surface area contributed by atoms with E-state index in [-0.39, 0.29) is 5.69 Å². The first-order valence-electron chi connectivity index (χ1n) is 4.30. The van der Waals surface area contributed by atoms with E-state index in [2.05, 4.69) is 15.0 Å². The average molecular weight is 234 g/mol. The molecule has 0 saturated heterocycles. The molecule has 1 amide bonds. The molecule has 0 radical (unpaired) electrons. The highest BCUT2D eigenvalue weighted by Gasteiger charge is 2.29. The van der Waals surface area contributed by atoms with Crippen LogP contribution in [-0.4, -0.2) is 23.9 Å². The van der Waals surface area contributed by atoms with Crippen molar-refractivity contribution in [3.05, 3.63) is 24.0 Å². The van der Waals surface area contributed by atoms with Gasteiger partial charge in [0.15, 0.2) is 6.61 Å². The van der Waals surface area contributed by atoms with E-state index in [0.717, 1.165) is 5.69 Å². The molecule has 0 fully saturated rings. The molecule has 0 spiro atoms. The lowest BCUT2D eigenvalue weighted by atomic mass is 10.3. The third-order valence-electron chi connectivity index (χ3n) is 1.52. The number of nitrogens with one attached hydrogen (secondary N) is 1. The predicted molar refractivity (Wildman–Crippen MR) is 50.0 cm³/mol. The fraction of sp³-hybridized carbons (Fsp3) is 0.333. The summed E-state index contributed by atoms with van der Waals surface area (Å²) in [7, 11) is 0. The minimum absolute atomic E-state index is 0.276. The summed E-state index contributed by atoms with van der Waals surface area (Å²) < 4.78 is 39.0. The molecule has 0 bridgehead atoms. The molecule has 0 atom stereocenters. The molecule has 1 heterocycles. The van der Waals surface area contributed by atoms with Gasteiger partial charge in [-0.05, 0) is 19.1 Å². The van der Waals surface area contributed by atoms with Gasteiger partial charge in [0.05, 0.1) is 11.9 Å². The summed E-state index contributed by atoms with van der Waals surface area (Å²) in [6.07, 6.45) is -4.37. The molecule has 7 heteroatoms. The first-order valence-corrected chi connectivity index (χ1v) is 4.30. The van der Waals surface area contributed by atoms with Gasteiger partial charge in [-0.25, -0.2) is 4.79 Å². The van der Waals surface area contributed by atoms with Crippen LogP contribution in [0.3, 0.4) is 0 Å². The Labute approximate surface area is 89.4 Å². The Morgan fingerprint density at radius 2 is 2.19 bits per heavy atom. The molecular weight excluding hydrogens is 225 g/mol. The van der Waals surface area contributed by atoms with Crippen LogP contribution in [0.15, 0.2) is 18.3 Å². The molecule has 4 nitrogen and oxygen atoms in total.